The summed E-state index contributed by atoms with van der Waals surface area (Å²) in [6.07, 6.45) is 6.24. The molecule has 3 rings (SSSR count). The summed E-state index contributed by atoms with van der Waals surface area (Å²) >= 11 is 0. The van der Waals surface area contributed by atoms with Gasteiger partial charge >= 0.3 is 8.60 Å². The molecule has 0 saturated carbocycles. The van der Waals surface area contributed by atoms with E-state index in [-0.39, 0.29) is 51.5 Å². The van der Waals surface area contributed by atoms with E-state index in [4.69, 9.17) is 13.6 Å². The van der Waals surface area contributed by atoms with E-state index in [0.29, 0.717) is 0 Å². The Hall–Kier alpha value is 0.190. The average molecular weight is 542 g/mol. The fourth-order valence-electron chi connectivity index (χ4n) is 6.21. The second-order valence-electron chi connectivity index (χ2n) is 15.7. The molecule has 3 aliphatic rings. The van der Waals surface area contributed by atoms with Crippen molar-refractivity contribution in [2.75, 3.05) is 21.1 Å². The Kier molecular flexibility index (Phi) is 8.77. The van der Waals surface area contributed by atoms with Crippen LogP contribution in [0.25, 0.3) is 0 Å². The molecule has 3 saturated heterocycles. The molecule has 0 aromatic rings. The molecule has 0 N–H and O–H groups in total. The third kappa shape index (κ3) is 5.56. The summed E-state index contributed by atoms with van der Waals surface area (Å²) in [5.41, 5.74) is 0.675. The minimum absolute atomic E-state index is 0.0121. The van der Waals surface area contributed by atoms with Crippen LogP contribution in [0.1, 0.15) is 122 Å². The first-order chi connectivity index (χ1) is 16.6. The van der Waals surface area contributed by atoms with Crippen LogP contribution in [0.5, 0.6) is 0 Å². The number of hydrogen-bond acceptors (Lipinski definition) is 6. The lowest BCUT2D eigenvalue weighted by Crippen LogP contribution is -2.61. The maximum atomic E-state index is 6.87. The molecular weight excluding hydrogens is 481 g/mol. The van der Waals surface area contributed by atoms with E-state index >= 15 is 0 Å². The number of hydrogen-bond donors (Lipinski definition) is 0. The van der Waals surface area contributed by atoms with E-state index in [1.54, 1.807) is 0 Å². The van der Waals surface area contributed by atoms with Gasteiger partial charge in [-0.05, 0) is 117 Å². The van der Waals surface area contributed by atoms with Crippen molar-refractivity contribution < 1.29 is 13.6 Å². The molecule has 3 unspecified atom stereocenters. The quantitative estimate of drug-likeness (QED) is 0.319. The molecule has 3 aliphatic heterocycles. The topological polar surface area (TPSA) is 37.4 Å². The standard InChI is InChI=1S/C30H60N3O3P/c1-25(2)19-16-22(31(13)28(25,7)8)34-37(35-23-17-20-26(3,4)29(9,10)32(23)14)36-24-18-21-27(5,6)30(11,12)33(24)15/h22-24H,16-21H2,1-15H3. The van der Waals surface area contributed by atoms with E-state index < -0.39 is 8.60 Å². The lowest BCUT2D eigenvalue weighted by Gasteiger charge is -2.57. The zero-order valence-corrected chi connectivity index (χ0v) is 27.9. The first-order valence-electron chi connectivity index (χ1n) is 14.6. The predicted molar refractivity (Wildman–Crippen MR) is 156 cm³/mol. The highest BCUT2D eigenvalue weighted by Gasteiger charge is 2.52. The van der Waals surface area contributed by atoms with Gasteiger partial charge in [-0.15, -0.1) is 0 Å². The van der Waals surface area contributed by atoms with Gasteiger partial charge in [0.1, 0.15) is 18.7 Å². The molecule has 0 spiro atoms. The van der Waals surface area contributed by atoms with Crippen LogP contribution < -0.4 is 0 Å². The van der Waals surface area contributed by atoms with Gasteiger partial charge < -0.3 is 0 Å². The normalized spacial score (nSPS) is 36.2. The molecule has 7 heteroatoms. The van der Waals surface area contributed by atoms with Crippen LogP contribution in [0.3, 0.4) is 0 Å². The third-order valence-corrected chi connectivity index (χ3v) is 13.8. The largest absolute Gasteiger partial charge is 0.337 e. The summed E-state index contributed by atoms with van der Waals surface area (Å²) in [6.45, 7) is 28.3. The second-order valence-corrected chi connectivity index (χ2v) is 16.8. The van der Waals surface area contributed by atoms with Crippen LogP contribution in [0.15, 0.2) is 0 Å². The Morgan fingerprint density at radius 1 is 0.459 bits per heavy atom. The van der Waals surface area contributed by atoms with Crippen LogP contribution in [0.4, 0.5) is 0 Å². The third-order valence-electron chi connectivity index (χ3n) is 12.6. The Labute approximate surface area is 231 Å². The van der Waals surface area contributed by atoms with Gasteiger partial charge in [-0.3, -0.25) is 28.3 Å². The molecule has 3 atom stereocenters. The van der Waals surface area contributed by atoms with Gasteiger partial charge in [-0.1, -0.05) is 41.5 Å². The second kappa shape index (κ2) is 10.2. The molecule has 37 heavy (non-hydrogen) atoms. The van der Waals surface area contributed by atoms with E-state index in [1.165, 1.54) is 0 Å². The lowest BCUT2D eigenvalue weighted by molar-refractivity contribution is -0.161. The minimum Gasteiger partial charge on any atom is -0.293 e. The van der Waals surface area contributed by atoms with E-state index in [9.17, 15) is 0 Å². The van der Waals surface area contributed by atoms with Gasteiger partial charge in [0, 0.05) is 16.6 Å². The van der Waals surface area contributed by atoms with Crippen molar-refractivity contribution in [2.24, 2.45) is 16.2 Å². The van der Waals surface area contributed by atoms with Gasteiger partial charge in [0.25, 0.3) is 0 Å². The fraction of sp³-hybridized carbons (Fsp3) is 1.00. The monoisotopic (exact) mass is 541 g/mol. The lowest BCUT2D eigenvalue weighted by atomic mass is 9.68. The molecule has 0 aliphatic carbocycles. The highest BCUT2D eigenvalue weighted by Crippen LogP contribution is 2.55. The number of piperidine rings is 3. The van der Waals surface area contributed by atoms with Crippen LogP contribution >= 0.6 is 8.60 Å². The number of nitrogens with zero attached hydrogens (tertiary/aromatic N) is 3. The maximum Gasteiger partial charge on any atom is 0.337 e. The molecule has 3 fully saturated rings. The molecule has 0 amide bonds. The molecule has 6 nitrogen and oxygen atoms in total. The van der Waals surface area contributed by atoms with Crippen LogP contribution in [-0.4, -0.2) is 71.1 Å². The SMILES string of the molecule is CN1C(OP(OC2CCC(C)(C)C(C)(C)N2C)OC2CCC(C)(C)C(C)(C)N2C)CCC(C)(C)C1(C)C. The molecular formula is C30H60N3O3P. The molecule has 0 aromatic carbocycles. The Morgan fingerprint density at radius 3 is 0.892 bits per heavy atom. The highest BCUT2D eigenvalue weighted by atomic mass is 31.2. The predicted octanol–water partition coefficient (Wildman–Crippen LogP) is 7.83. The fourth-order valence-corrected chi connectivity index (χ4v) is 7.69. The summed E-state index contributed by atoms with van der Waals surface area (Å²) in [5.74, 6) is 0. The molecule has 0 radical (unpaired) electrons. The average Bonchev–Trinajstić information content (AvgIpc) is 2.77. The highest BCUT2D eigenvalue weighted by molar-refractivity contribution is 7.41. The zero-order chi connectivity index (χ0) is 28.4. The van der Waals surface area contributed by atoms with E-state index in [2.05, 4.69) is 119 Å². The summed E-state index contributed by atoms with van der Waals surface area (Å²) in [7, 11) is 5.06. The molecule has 218 valence electrons. The number of likely N-dealkylation sites (tertiary alicyclic amines) is 3. The Bertz CT molecular complexity index is 705. The van der Waals surface area contributed by atoms with Crippen molar-refractivity contribution in [2.45, 2.75) is 157 Å². The first-order valence-corrected chi connectivity index (χ1v) is 15.7. The first kappa shape index (κ1) is 31.7. The van der Waals surface area contributed by atoms with Crippen molar-refractivity contribution in [3.05, 3.63) is 0 Å². The van der Waals surface area contributed by atoms with Crippen LogP contribution in [0.2, 0.25) is 0 Å². The van der Waals surface area contributed by atoms with Crippen molar-refractivity contribution >= 4 is 8.60 Å². The summed E-state index contributed by atoms with van der Waals surface area (Å²) < 4.78 is 20.6. The zero-order valence-electron chi connectivity index (χ0n) is 27.0. The summed E-state index contributed by atoms with van der Waals surface area (Å²) in [6, 6.07) is 0. The molecule has 0 aromatic heterocycles. The minimum atomic E-state index is -1.55. The van der Waals surface area contributed by atoms with Crippen LogP contribution in [-0.2, 0) is 13.6 Å². The Balaban J connectivity index is 1.84. The summed E-state index contributed by atoms with van der Waals surface area (Å²) in [5, 5.41) is 0. The van der Waals surface area contributed by atoms with Crippen molar-refractivity contribution in [3.8, 4) is 0 Å². The van der Waals surface area contributed by atoms with E-state index in [1.807, 2.05) is 0 Å². The van der Waals surface area contributed by atoms with Gasteiger partial charge in [-0.2, -0.15) is 0 Å². The van der Waals surface area contributed by atoms with Crippen LogP contribution in [0, 0.1) is 16.2 Å². The maximum absolute atomic E-state index is 6.87. The van der Waals surface area contributed by atoms with Gasteiger partial charge in [0.05, 0.1) is 0 Å². The van der Waals surface area contributed by atoms with Gasteiger partial charge in [-0.25, -0.2) is 0 Å². The van der Waals surface area contributed by atoms with Gasteiger partial charge in [0.2, 0.25) is 0 Å². The molecule has 3 heterocycles. The van der Waals surface area contributed by atoms with Crippen molar-refractivity contribution in [1.82, 2.24) is 14.7 Å². The smallest absolute Gasteiger partial charge is 0.293 e. The van der Waals surface area contributed by atoms with Gasteiger partial charge in [0.15, 0.2) is 0 Å². The van der Waals surface area contributed by atoms with Crippen molar-refractivity contribution in [3.63, 3.8) is 0 Å². The number of rotatable bonds is 6. The Morgan fingerprint density at radius 2 is 0.676 bits per heavy atom. The summed E-state index contributed by atoms with van der Waals surface area (Å²) in [4.78, 5) is 7.23. The van der Waals surface area contributed by atoms with E-state index in [0.717, 1.165) is 38.5 Å². The van der Waals surface area contributed by atoms with Crippen molar-refractivity contribution in [1.29, 1.82) is 0 Å². The molecule has 0 bridgehead atoms.